The minimum atomic E-state index is 0.127. The van der Waals surface area contributed by atoms with E-state index in [2.05, 4.69) is 11.4 Å². The SMILES string of the molecule is CC1CN(C(=O)c2cccc3c2CCNC3)CCCO1. The van der Waals surface area contributed by atoms with Crippen LogP contribution in [0.1, 0.15) is 34.8 Å². The number of ether oxygens (including phenoxy) is 1. The van der Waals surface area contributed by atoms with Crippen molar-refractivity contribution in [2.75, 3.05) is 26.2 Å². The first-order chi connectivity index (χ1) is 9.75. The van der Waals surface area contributed by atoms with Crippen molar-refractivity contribution in [2.45, 2.75) is 32.4 Å². The van der Waals surface area contributed by atoms with E-state index in [1.165, 1.54) is 11.1 Å². The molecule has 1 amide bonds. The Bertz CT molecular complexity index is 501. The Morgan fingerprint density at radius 2 is 2.35 bits per heavy atom. The van der Waals surface area contributed by atoms with E-state index in [-0.39, 0.29) is 12.0 Å². The number of nitrogens with one attached hydrogen (secondary N) is 1. The lowest BCUT2D eigenvalue weighted by Crippen LogP contribution is -2.37. The standard InChI is InChI=1S/C16H22N2O2/c1-12-11-18(8-3-9-20-12)16(19)15-5-2-4-13-10-17-7-6-14(13)15/h2,4-5,12,17H,3,6-11H2,1H3. The van der Waals surface area contributed by atoms with Gasteiger partial charge in [0.15, 0.2) is 0 Å². The number of amides is 1. The lowest BCUT2D eigenvalue weighted by Gasteiger charge is -2.26. The second-order valence-electron chi connectivity index (χ2n) is 5.66. The summed E-state index contributed by atoms with van der Waals surface area (Å²) in [5.74, 6) is 0.168. The number of benzene rings is 1. The lowest BCUT2D eigenvalue weighted by atomic mass is 9.94. The van der Waals surface area contributed by atoms with Gasteiger partial charge < -0.3 is 15.0 Å². The molecule has 0 saturated carbocycles. The maximum absolute atomic E-state index is 12.8. The Kier molecular flexibility index (Phi) is 4.03. The number of nitrogens with zero attached hydrogens (tertiary/aromatic N) is 1. The smallest absolute Gasteiger partial charge is 0.254 e. The van der Waals surface area contributed by atoms with Gasteiger partial charge in [-0.25, -0.2) is 0 Å². The molecule has 1 aromatic carbocycles. The molecule has 0 bridgehead atoms. The largest absolute Gasteiger partial charge is 0.377 e. The van der Waals surface area contributed by atoms with Crippen molar-refractivity contribution in [1.29, 1.82) is 0 Å². The van der Waals surface area contributed by atoms with Gasteiger partial charge in [0, 0.05) is 31.8 Å². The Morgan fingerprint density at radius 3 is 3.25 bits per heavy atom. The van der Waals surface area contributed by atoms with Crippen molar-refractivity contribution in [3.8, 4) is 0 Å². The molecule has 0 aliphatic carbocycles. The van der Waals surface area contributed by atoms with Gasteiger partial charge in [0.2, 0.25) is 0 Å². The maximum Gasteiger partial charge on any atom is 0.254 e. The summed E-state index contributed by atoms with van der Waals surface area (Å²) in [5, 5.41) is 3.36. The van der Waals surface area contributed by atoms with E-state index in [1.54, 1.807) is 0 Å². The molecule has 2 heterocycles. The predicted molar refractivity (Wildman–Crippen MR) is 77.8 cm³/mol. The Hall–Kier alpha value is -1.39. The van der Waals surface area contributed by atoms with Gasteiger partial charge in [-0.3, -0.25) is 4.79 Å². The first-order valence-electron chi connectivity index (χ1n) is 7.48. The number of carbonyl (C=O) groups is 1. The molecule has 3 rings (SSSR count). The molecule has 1 atom stereocenters. The summed E-state index contributed by atoms with van der Waals surface area (Å²) < 4.78 is 5.63. The molecule has 2 aliphatic rings. The van der Waals surface area contributed by atoms with Gasteiger partial charge >= 0.3 is 0 Å². The van der Waals surface area contributed by atoms with Gasteiger partial charge in [-0.05, 0) is 43.5 Å². The molecule has 108 valence electrons. The van der Waals surface area contributed by atoms with Crippen LogP contribution in [-0.4, -0.2) is 43.2 Å². The Morgan fingerprint density at radius 1 is 1.45 bits per heavy atom. The number of fused-ring (bicyclic) bond motifs is 1. The van der Waals surface area contributed by atoms with Gasteiger partial charge in [-0.1, -0.05) is 12.1 Å². The van der Waals surface area contributed by atoms with Crippen molar-refractivity contribution >= 4 is 5.91 Å². The number of carbonyl (C=O) groups excluding carboxylic acids is 1. The summed E-state index contributed by atoms with van der Waals surface area (Å²) in [4.78, 5) is 14.8. The van der Waals surface area contributed by atoms with Crippen LogP contribution in [0.5, 0.6) is 0 Å². The van der Waals surface area contributed by atoms with Crippen LogP contribution < -0.4 is 5.32 Å². The molecule has 0 radical (unpaired) electrons. The van der Waals surface area contributed by atoms with E-state index in [0.29, 0.717) is 6.54 Å². The number of hydrogen-bond acceptors (Lipinski definition) is 3. The molecule has 0 aromatic heterocycles. The summed E-state index contributed by atoms with van der Waals surface area (Å²) >= 11 is 0. The highest BCUT2D eigenvalue weighted by Gasteiger charge is 2.24. The van der Waals surface area contributed by atoms with Crippen LogP contribution in [0.3, 0.4) is 0 Å². The Labute approximate surface area is 120 Å². The maximum atomic E-state index is 12.8. The molecule has 1 aromatic rings. The summed E-state index contributed by atoms with van der Waals surface area (Å²) in [6, 6.07) is 6.09. The second kappa shape index (κ2) is 5.94. The van der Waals surface area contributed by atoms with Crippen LogP contribution in [0.2, 0.25) is 0 Å². The highest BCUT2D eigenvalue weighted by molar-refractivity contribution is 5.96. The minimum Gasteiger partial charge on any atom is -0.377 e. The third-order valence-corrected chi connectivity index (χ3v) is 4.11. The van der Waals surface area contributed by atoms with E-state index in [0.717, 1.165) is 44.6 Å². The molecular formula is C16H22N2O2. The summed E-state index contributed by atoms with van der Waals surface area (Å²) in [7, 11) is 0. The molecule has 4 heteroatoms. The summed E-state index contributed by atoms with van der Waals surface area (Å²) in [6.07, 6.45) is 1.99. The van der Waals surface area contributed by atoms with Gasteiger partial charge in [0.05, 0.1) is 6.10 Å². The average Bonchev–Trinajstić information content (AvgIpc) is 2.70. The molecule has 2 aliphatic heterocycles. The molecular weight excluding hydrogens is 252 g/mol. The third kappa shape index (κ3) is 2.72. The van der Waals surface area contributed by atoms with Crippen LogP contribution in [0.25, 0.3) is 0 Å². The monoisotopic (exact) mass is 274 g/mol. The van der Waals surface area contributed by atoms with Crippen LogP contribution >= 0.6 is 0 Å². The van der Waals surface area contributed by atoms with Crippen LogP contribution in [0.4, 0.5) is 0 Å². The number of hydrogen-bond donors (Lipinski definition) is 1. The summed E-state index contributed by atoms with van der Waals surface area (Å²) in [5.41, 5.74) is 3.38. The fraction of sp³-hybridized carbons (Fsp3) is 0.562. The zero-order valence-electron chi connectivity index (χ0n) is 12.0. The first-order valence-corrected chi connectivity index (χ1v) is 7.48. The van der Waals surface area contributed by atoms with Gasteiger partial charge in [-0.2, -0.15) is 0 Å². The lowest BCUT2D eigenvalue weighted by molar-refractivity contribution is 0.0562. The quantitative estimate of drug-likeness (QED) is 0.845. The molecule has 20 heavy (non-hydrogen) atoms. The van der Waals surface area contributed by atoms with Crippen molar-refractivity contribution in [3.63, 3.8) is 0 Å². The summed E-state index contributed by atoms with van der Waals surface area (Å²) in [6.45, 7) is 6.11. The second-order valence-corrected chi connectivity index (χ2v) is 5.66. The van der Waals surface area contributed by atoms with E-state index in [9.17, 15) is 4.79 Å². The minimum absolute atomic E-state index is 0.127. The van der Waals surface area contributed by atoms with Gasteiger partial charge in [0.1, 0.15) is 0 Å². The molecule has 1 N–H and O–H groups in total. The average molecular weight is 274 g/mol. The highest BCUT2D eigenvalue weighted by atomic mass is 16.5. The van der Waals surface area contributed by atoms with Crippen molar-refractivity contribution < 1.29 is 9.53 Å². The molecule has 1 unspecified atom stereocenters. The highest BCUT2D eigenvalue weighted by Crippen LogP contribution is 2.21. The molecule has 1 saturated heterocycles. The normalized spacial score (nSPS) is 23.1. The van der Waals surface area contributed by atoms with Crippen LogP contribution in [-0.2, 0) is 17.7 Å². The number of rotatable bonds is 1. The van der Waals surface area contributed by atoms with Crippen molar-refractivity contribution in [1.82, 2.24) is 10.2 Å². The fourth-order valence-electron chi connectivity index (χ4n) is 3.08. The van der Waals surface area contributed by atoms with Crippen LogP contribution in [0, 0.1) is 0 Å². The van der Waals surface area contributed by atoms with Crippen LogP contribution in [0.15, 0.2) is 18.2 Å². The fourth-order valence-corrected chi connectivity index (χ4v) is 3.08. The van der Waals surface area contributed by atoms with Crippen molar-refractivity contribution in [2.24, 2.45) is 0 Å². The van der Waals surface area contributed by atoms with E-state index < -0.39 is 0 Å². The van der Waals surface area contributed by atoms with E-state index in [4.69, 9.17) is 4.74 Å². The van der Waals surface area contributed by atoms with Gasteiger partial charge in [-0.15, -0.1) is 0 Å². The zero-order chi connectivity index (χ0) is 13.9. The van der Waals surface area contributed by atoms with Crippen molar-refractivity contribution in [3.05, 3.63) is 34.9 Å². The molecule has 1 fully saturated rings. The topological polar surface area (TPSA) is 41.6 Å². The predicted octanol–water partition coefficient (Wildman–Crippen LogP) is 1.58. The third-order valence-electron chi connectivity index (χ3n) is 4.11. The van der Waals surface area contributed by atoms with E-state index >= 15 is 0 Å². The zero-order valence-corrected chi connectivity index (χ0v) is 12.0. The molecule has 0 spiro atoms. The molecule has 4 nitrogen and oxygen atoms in total. The Balaban J connectivity index is 1.86. The van der Waals surface area contributed by atoms with E-state index in [1.807, 2.05) is 24.0 Å². The van der Waals surface area contributed by atoms with Gasteiger partial charge in [0.25, 0.3) is 5.91 Å². The first kappa shape index (κ1) is 13.6.